The summed E-state index contributed by atoms with van der Waals surface area (Å²) in [7, 11) is 0. The predicted molar refractivity (Wildman–Crippen MR) is 153 cm³/mol. The van der Waals surface area contributed by atoms with Crippen LogP contribution in [0.25, 0.3) is 0 Å². The van der Waals surface area contributed by atoms with Crippen LogP contribution in [0.15, 0.2) is 48.5 Å². The monoisotopic (exact) mass is 550 g/mol. The molecular formula is C30H38N4O6. The Balaban J connectivity index is 2.03. The fraction of sp³-hybridized carbons (Fsp3) is 0.400. The van der Waals surface area contributed by atoms with Gasteiger partial charge in [-0.25, -0.2) is 0 Å². The number of nitrogens with one attached hydrogen (secondary N) is 4. The number of hydrogen-bond donors (Lipinski definition) is 4. The first-order valence-electron chi connectivity index (χ1n) is 13.8. The topological polar surface area (TPSA) is 151 Å². The first-order valence-corrected chi connectivity index (χ1v) is 13.8. The van der Waals surface area contributed by atoms with Crippen molar-refractivity contribution in [2.45, 2.75) is 65.2 Å². The average molecular weight is 551 g/mol. The Bertz CT molecular complexity index is 1120. The van der Waals surface area contributed by atoms with Crippen molar-refractivity contribution >= 4 is 46.6 Å². The molecule has 2 aromatic carbocycles. The molecule has 0 fully saturated rings. The summed E-state index contributed by atoms with van der Waals surface area (Å²) in [6, 6.07) is 11.7. The van der Waals surface area contributed by atoms with Crippen molar-refractivity contribution in [3.8, 4) is 0 Å². The molecule has 2 rings (SSSR count). The van der Waals surface area contributed by atoms with Crippen LogP contribution in [0.3, 0.4) is 0 Å². The minimum absolute atomic E-state index is 0.0133. The molecule has 4 N–H and O–H groups in total. The van der Waals surface area contributed by atoms with Crippen LogP contribution < -0.4 is 21.3 Å². The molecule has 214 valence electrons. The number of carbonyl (C=O) groups is 6. The molecular weight excluding hydrogens is 512 g/mol. The van der Waals surface area contributed by atoms with Gasteiger partial charge in [0.1, 0.15) is 0 Å². The second-order valence-electron chi connectivity index (χ2n) is 9.29. The quantitative estimate of drug-likeness (QED) is 0.141. The zero-order valence-corrected chi connectivity index (χ0v) is 23.1. The molecule has 0 aliphatic carbocycles. The van der Waals surface area contributed by atoms with E-state index in [4.69, 9.17) is 0 Å². The van der Waals surface area contributed by atoms with Crippen LogP contribution in [0, 0.1) is 0 Å². The molecule has 0 aromatic heterocycles. The second-order valence-corrected chi connectivity index (χ2v) is 9.29. The molecule has 40 heavy (non-hydrogen) atoms. The number of unbranched alkanes of at least 4 members (excludes halogenated alkanes) is 6. The third-order valence-corrected chi connectivity index (χ3v) is 6.09. The molecule has 0 atom stereocenters. The molecule has 0 saturated heterocycles. The van der Waals surface area contributed by atoms with Crippen LogP contribution in [0.4, 0.5) is 11.4 Å². The Labute approximate surface area is 234 Å². The molecule has 0 heterocycles. The van der Waals surface area contributed by atoms with E-state index in [1.807, 2.05) is 0 Å². The first-order chi connectivity index (χ1) is 19.3. The summed E-state index contributed by atoms with van der Waals surface area (Å²) in [5.41, 5.74) is -0.164. The van der Waals surface area contributed by atoms with E-state index < -0.39 is 35.2 Å². The average Bonchev–Trinajstić information content (AvgIpc) is 2.96. The first kappa shape index (κ1) is 31.9. The van der Waals surface area contributed by atoms with Gasteiger partial charge in [-0.15, -0.1) is 0 Å². The Morgan fingerprint density at radius 2 is 0.875 bits per heavy atom. The Kier molecular flexibility index (Phi) is 13.8. The van der Waals surface area contributed by atoms with Crippen molar-refractivity contribution in [2.75, 3.05) is 23.7 Å². The van der Waals surface area contributed by atoms with E-state index in [1.165, 1.54) is 36.4 Å². The van der Waals surface area contributed by atoms with Gasteiger partial charge in [-0.05, 0) is 37.1 Å². The van der Waals surface area contributed by atoms with E-state index in [0.29, 0.717) is 13.1 Å². The van der Waals surface area contributed by atoms with Crippen LogP contribution in [-0.2, 0) is 19.2 Å². The third kappa shape index (κ3) is 10.1. The lowest BCUT2D eigenvalue weighted by Crippen LogP contribution is -2.34. The van der Waals surface area contributed by atoms with Gasteiger partial charge in [0.25, 0.3) is 23.4 Å². The standard InChI is InChI=1S/C30H38N4O6/c1-3-5-7-13-19-31-27(37)25(35)21-15-9-11-17-23(21)33-29(39)30(40)34-24-18-12-10-16-22(24)26(36)28(38)32-20-14-8-6-4-2/h9-12,15-18H,3-8,13-14,19-20H2,1-2H3,(H,31,37)(H,32,38)(H,33,39)(H,34,40). The van der Waals surface area contributed by atoms with Gasteiger partial charge in [-0.2, -0.15) is 0 Å². The van der Waals surface area contributed by atoms with Gasteiger partial charge >= 0.3 is 11.8 Å². The van der Waals surface area contributed by atoms with Crippen LogP contribution in [0.2, 0.25) is 0 Å². The van der Waals surface area contributed by atoms with Crippen molar-refractivity contribution < 1.29 is 28.8 Å². The maximum absolute atomic E-state index is 12.7. The summed E-state index contributed by atoms with van der Waals surface area (Å²) < 4.78 is 0. The van der Waals surface area contributed by atoms with Crippen molar-refractivity contribution in [3.63, 3.8) is 0 Å². The Morgan fingerprint density at radius 3 is 1.25 bits per heavy atom. The third-order valence-electron chi connectivity index (χ3n) is 6.09. The van der Waals surface area contributed by atoms with Crippen LogP contribution >= 0.6 is 0 Å². The fourth-order valence-electron chi connectivity index (χ4n) is 3.85. The lowest BCUT2D eigenvalue weighted by atomic mass is 10.1. The smallest absolute Gasteiger partial charge is 0.314 e. The van der Waals surface area contributed by atoms with Gasteiger partial charge in [0.05, 0.1) is 22.5 Å². The number of benzene rings is 2. The summed E-state index contributed by atoms with van der Waals surface area (Å²) in [6.45, 7) is 4.86. The number of hydrogen-bond acceptors (Lipinski definition) is 6. The zero-order valence-electron chi connectivity index (χ0n) is 23.1. The molecule has 0 bridgehead atoms. The minimum Gasteiger partial charge on any atom is -0.349 e. The largest absolute Gasteiger partial charge is 0.349 e. The van der Waals surface area contributed by atoms with Crippen molar-refractivity contribution in [1.29, 1.82) is 0 Å². The number of amides is 4. The van der Waals surface area contributed by atoms with E-state index in [2.05, 4.69) is 35.1 Å². The van der Waals surface area contributed by atoms with Gasteiger partial charge in [-0.3, -0.25) is 28.8 Å². The van der Waals surface area contributed by atoms with E-state index >= 15 is 0 Å². The number of rotatable bonds is 16. The molecule has 10 nitrogen and oxygen atoms in total. The van der Waals surface area contributed by atoms with Gasteiger partial charge in [0, 0.05) is 13.1 Å². The SMILES string of the molecule is CCCCCCNC(=O)C(=O)c1ccccc1NC(=O)C(=O)Nc1ccccc1C(=O)C(=O)NCCCCCC. The molecule has 0 unspecified atom stereocenters. The predicted octanol–water partition coefficient (Wildman–Crippen LogP) is 4.02. The highest BCUT2D eigenvalue weighted by Crippen LogP contribution is 2.18. The lowest BCUT2D eigenvalue weighted by Gasteiger charge is -2.12. The fourth-order valence-corrected chi connectivity index (χ4v) is 3.85. The highest BCUT2D eigenvalue weighted by molar-refractivity contribution is 6.48. The molecule has 10 heteroatoms. The number of Topliss-reactive ketones (excluding diaryl/α,β-unsaturated/α-hetero) is 2. The van der Waals surface area contributed by atoms with Crippen LogP contribution in [-0.4, -0.2) is 48.3 Å². The molecule has 0 saturated carbocycles. The Hall–Kier alpha value is -4.34. The summed E-state index contributed by atoms with van der Waals surface area (Å²) >= 11 is 0. The molecule has 0 aliphatic heterocycles. The maximum Gasteiger partial charge on any atom is 0.314 e. The van der Waals surface area contributed by atoms with E-state index in [1.54, 1.807) is 12.1 Å². The molecule has 0 radical (unpaired) electrons. The molecule has 4 amide bonds. The summed E-state index contributed by atoms with van der Waals surface area (Å²) in [6.07, 6.45) is 7.52. The van der Waals surface area contributed by atoms with Crippen LogP contribution in [0.5, 0.6) is 0 Å². The molecule has 0 spiro atoms. The summed E-state index contributed by atoms with van der Waals surface area (Å²) in [5, 5.41) is 9.86. The Morgan fingerprint density at radius 1 is 0.500 bits per heavy atom. The highest BCUT2D eigenvalue weighted by Gasteiger charge is 2.24. The van der Waals surface area contributed by atoms with Crippen LogP contribution in [0.1, 0.15) is 85.9 Å². The highest BCUT2D eigenvalue weighted by atomic mass is 16.2. The molecule has 0 aliphatic rings. The van der Waals surface area contributed by atoms with Gasteiger partial charge in [0.15, 0.2) is 0 Å². The van der Waals surface area contributed by atoms with Gasteiger partial charge < -0.3 is 21.3 Å². The van der Waals surface area contributed by atoms with Gasteiger partial charge in [-0.1, -0.05) is 76.6 Å². The number of anilines is 2. The number of ketones is 2. The normalized spacial score (nSPS) is 10.3. The van der Waals surface area contributed by atoms with E-state index in [9.17, 15) is 28.8 Å². The molecule has 2 aromatic rings. The van der Waals surface area contributed by atoms with E-state index in [0.717, 1.165) is 51.4 Å². The summed E-state index contributed by atoms with van der Waals surface area (Å²) in [4.78, 5) is 75.4. The zero-order chi connectivity index (χ0) is 29.3. The minimum atomic E-state index is -1.12. The second kappa shape index (κ2) is 17.3. The number of carbonyl (C=O) groups excluding carboxylic acids is 6. The number of para-hydroxylation sites is 2. The lowest BCUT2D eigenvalue weighted by molar-refractivity contribution is -0.133. The van der Waals surface area contributed by atoms with E-state index in [-0.39, 0.29) is 22.5 Å². The van der Waals surface area contributed by atoms with Gasteiger partial charge in [0.2, 0.25) is 0 Å². The maximum atomic E-state index is 12.7. The van der Waals surface area contributed by atoms with Crippen molar-refractivity contribution in [2.24, 2.45) is 0 Å². The summed E-state index contributed by atoms with van der Waals surface area (Å²) in [5.74, 6) is -5.55. The van der Waals surface area contributed by atoms with Crippen molar-refractivity contribution in [3.05, 3.63) is 59.7 Å². The van der Waals surface area contributed by atoms with Crippen molar-refractivity contribution in [1.82, 2.24) is 10.6 Å².